The molecule has 1 aromatic heterocycles. The van der Waals surface area contributed by atoms with Gasteiger partial charge >= 0.3 is 0 Å². The first kappa shape index (κ1) is 12.8. The molecule has 0 saturated heterocycles. The van der Waals surface area contributed by atoms with Crippen LogP contribution in [0.3, 0.4) is 0 Å². The first-order valence-corrected chi connectivity index (χ1v) is 6.81. The predicted molar refractivity (Wildman–Crippen MR) is 76.6 cm³/mol. The van der Waals surface area contributed by atoms with Crippen LogP contribution in [-0.4, -0.2) is 34.6 Å². The van der Waals surface area contributed by atoms with E-state index in [1.807, 2.05) is 6.07 Å². The molecule has 20 heavy (non-hydrogen) atoms. The summed E-state index contributed by atoms with van der Waals surface area (Å²) in [6, 6.07) is 7.05. The number of fused-ring (bicyclic) bond motifs is 1. The lowest BCUT2D eigenvalue weighted by Crippen LogP contribution is -2.31. The zero-order valence-corrected chi connectivity index (χ0v) is 11.6. The van der Waals surface area contributed by atoms with E-state index < -0.39 is 0 Å². The molecule has 1 fully saturated rings. The average molecular weight is 271 g/mol. The summed E-state index contributed by atoms with van der Waals surface area (Å²) in [5.41, 5.74) is 0.0478. The fourth-order valence-electron chi connectivity index (χ4n) is 2.55. The number of aromatic amines is 1. The molecule has 1 aliphatic rings. The van der Waals surface area contributed by atoms with E-state index in [1.165, 1.54) is 6.42 Å². The van der Waals surface area contributed by atoms with Gasteiger partial charge in [-0.15, -0.1) is 0 Å². The summed E-state index contributed by atoms with van der Waals surface area (Å²) in [6.07, 6.45) is 1.18. The summed E-state index contributed by atoms with van der Waals surface area (Å²) >= 11 is 0. The smallest absolute Gasteiger partial charge is 0.274 e. The Labute approximate surface area is 116 Å². The normalized spacial score (nSPS) is 20.9. The molecular weight excluding hydrogens is 254 g/mol. The van der Waals surface area contributed by atoms with Crippen LogP contribution in [0.4, 0.5) is 0 Å². The second-order valence-corrected chi connectivity index (χ2v) is 5.61. The third-order valence-corrected chi connectivity index (χ3v) is 4.03. The molecule has 1 aromatic carbocycles. The number of hydrogen-bond donors (Lipinski definition) is 1. The van der Waals surface area contributed by atoms with Crippen molar-refractivity contribution in [3.8, 4) is 0 Å². The van der Waals surface area contributed by atoms with Crippen molar-refractivity contribution in [1.82, 2.24) is 15.1 Å². The van der Waals surface area contributed by atoms with E-state index in [1.54, 1.807) is 30.1 Å². The molecule has 3 rings (SSSR count). The third kappa shape index (κ3) is 2.19. The number of H-pyrrole nitrogens is 1. The Bertz CT molecular complexity index is 722. The molecule has 5 nitrogen and oxygen atoms in total. The molecule has 0 spiro atoms. The molecule has 104 valence electrons. The Morgan fingerprint density at radius 2 is 2.05 bits per heavy atom. The molecule has 0 radical (unpaired) electrons. The molecule has 2 atom stereocenters. The van der Waals surface area contributed by atoms with E-state index >= 15 is 0 Å². The van der Waals surface area contributed by atoms with E-state index in [-0.39, 0.29) is 11.5 Å². The number of carbonyl (C=O) groups excluding carboxylic acids is 1. The topological polar surface area (TPSA) is 66.1 Å². The molecule has 1 N–H and O–H groups in total. The number of nitrogens with zero attached hydrogens (tertiary/aromatic N) is 2. The Morgan fingerprint density at radius 1 is 1.40 bits per heavy atom. The second kappa shape index (κ2) is 4.74. The van der Waals surface area contributed by atoms with Crippen molar-refractivity contribution in [3.05, 3.63) is 40.3 Å². The largest absolute Gasteiger partial charge is 0.340 e. The van der Waals surface area contributed by atoms with Crippen molar-refractivity contribution in [2.24, 2.45) is 11.8 Å². The SMILES string of the molecule is CC1CC1CN(C)C(=O)c1n[nH]c(=O)c2ccccc12. The van der Waals surface area contributed by atoms with Crippen molar-refractivity contribution >= 4 is 16.7 Å². The first-order valence-electron chi connectivity index (χ1n) is 6.81. The van der Waals surface area contributed by atoms with Gasteiger partial charge in [0.2, 0.25) is 0 Å². The summed E-state index contributed by atoms with van der Waals surface area (Å²) in [7, 11) is 1.79. The highest BCUT2D eigenvalue weighted by atomic mass is 16.2. The van der Waals surface area contributed by atoms with Crippen LogP contribution < -0.4 is 5.56 Å². The quantitative estimate of drug-likeness (QED) is 0.923. The van der Waals surface area contributed by atoms with E-state index in [0.717, 1.165) is 6.54 Å². The monoisotopic (exact) mass is 271 g/mol. The van der Waals surface area contributed by atoms with Gasteiger partial charge in [-0.05, 0) is 24.3 Å². The van der Waals surface area contributed by atoms with Gasteiger partial charge < -0.3 is 4.90 Å². The van der Waals surface area contributed by atoms with Crippen LogP contribution >= 0.6 is 0 Å². The van der Waals surface area contributed by atoms with Crippen molar-refractivity contribution < 1.29 is 4.79 Å². The van der Waals surface area contributed by atoms with Crippen molar-refractivity contribution in [2.75, 3.05) is 13.6 Å². The Hall–Kier alpha value is -2.17. The number of nitrogens with one attached hydrogen (secondary N) is 1. The van der Waals surface area contributed by atoms with Crippen LogP contribution in [0.5, 0.6) is 0 Å². The summed E-state index contributed by atoms with van der Waals surface area (Å²) in [5, 5.41) is 7.46. The summed E-state index contributed by atoms with van der Waals surface area (Å²) < 4.78 is 0. The lowest BCUT2D eigenvalue weighted by Gasteiger charge is -2.17. The number of rotatable bonds is 3. The fraction of sp³-hybridized carbons (Fsp3) is 0.400. The Balaban J connectivity index is 1.95. The molecule has 2 unspecified atom stereocenters. The van der Waals surface area contributed by atoms with Gasteiger partial charge in [-0.2, -0.15) is 5.10 Å². The van der Waals surface area contributed by atoms with E-state index in [0.29, 0.717) is 28.3 Å². The van der Waals surface area contributed by atoms with Crippen LogP contribution in [0, 0.1) is 11.8 Å². The maximum atomic E-state index is 12.5. The molecule has 1 amide bonds. The molecule has 2 aromatic rings. The van der Waals surface area contributed by atoms with Crippen molar-refractivity contribution in [3.63, 3.8) is 0 Å². The lowest BCUT2D eigenvalue weighted by atomic mass is 10.1. The van der Waals surface area contributed by atoms with E-state index in [2.05, 4.69) is 17.1 Å². The highest BCUT2D eigenvalue weighted by Gasteiger charge is 2.34. The molecule has 5 heteroatoms. The number of benzene rings is 1. The van der Waals surface area contributed by atoms with Crippen LogP contribution in [0.1, 0.15) is 23.8 Å². The number of hydrogen-bond acceptors (Lipinski definition) is 3. The summed E-state index contributed by atoms with van der Waals surface area (Å²) in [5.74, 6) is 1.15. The van der Waals surface area contributed by atoms with Crippen LogP contribution in [0.25, 0.3) is 10.8 Å². The van der Waals surface area contributed by atoms with Crippen molar-refractivity contribution in [1.29, 1.82) is 0 Å². The molecular formula is C15H17N3O2. The standard InChI is InChI=1S/C15H17N3O2/c1-9-7-10(9)8-18(2)15(20)13-11-5-3-4-6-12(11)14(19)17-16-13/h3-6,9-10H,7-8H2,1-2H3,(H,17,19). The van der Waals surface area contributed by atoms with Gasteiger partial charge in [0.15, 0.2) is 5.69 Å². The lowest BCUT2D eigenvalue weighted by molar-refractivity contribution is 0.0782. The predicted octanol–water partition coefficient (Wildman–Crippen LogP) is 1.65. The van der Waals surface area contributed by atoms with Gasteiger partial charge in [-0.1, -0.05) is 25.1 Å². The molecule has 1 saturated carbocycles. The zero-order valence-electron chi connectivity index (χ0n) is 11.6. The van der Waals surface area contributed by atoms with Crippen molar-refractivity contribution in [2.45, 2.75) is 13.3 Å². The van der Waals surface area contributed by atoms with Crippen LogP contribution in [0.2, 0.25) is 0 Å². The Kier molecular flexibility index (Phi) is 3.04. The average Bonchev–Trinajstić information content (AvgIpc) is 3.14. The number of aromatic nitrogens is 2. The minimum Gasteiger partial charge on any atom is -0.340 e. The highest BCUT2D eigenvalue weighted by Crippen LogP contribution is 2.38. The maximum Gasteiger partial charge on any atom is 0.274 e. The van der Waals surface area contributed by atoms with Gasteiger partial charge in [-0.25, -0.2) is 5.10 Å². The summed E-state index contributed by atoms with van der Waals surface area (Å²) in [6.45, 7) is 2.94. The van der Waals surface area contributed by atoms with E-state index in [4.69, 9.17) is 0 Å². The molecule has 0 bridgehead atoms. The second-order valence-electron chi connectivity index (χ2n) is 5.61. The highest BCUT2D eigenvalue weighted by molar-refractivity contribution is 6.04. The Morgan fingerprint density at radius 3 is 2.70 bits per heavy atom. The van der Waals surface area contributed by atoms with Gasteiger partial charge in [0.25, 0.3) is 11.5 Å². The first-order chi connectivity index (χ1) is 9.58. The van der Waals surface area contributed by atoms with Gasteiger partial charge in [0, 0.05) is 19.0 Å². The zero-order chi connectivity index (χ0) is 14.3. The van der Waals surface area contributed by atoms with Crippen LogP contribution in [0.15, 0.2) is 29.1 Å². The molecule has 0 aliphatic heterocycles. The molecule has 1 heterocycles. The van der Waals surface area contributed by atoms with Gasteiger partial charge in [-0.3, -0.25) is 9.59 Å². The van der Waals surface area contributed by atoms with Gasteiger partial charge in [0.1, 0.15) is 0 Å². The van der Waals surface area contributed by atoms with Gasteiger partial charge in [0.05, 0.1) is 5.39 Å². The van der Waals surface area contributed by atoms with E-state index in [9.17, 15) is 9.59 Å². The maximum absolute atomic E-state index is 12.5. The molecule has 1 aliphatic carbocycles. The minimum absolute atomic E-state index is 0.142. The third-order valence-electron chi connectivity index (χ3n) is 4.03. The number of amides is 1. The fourth-order valence-corrected chi connectivity index (χ4v) is 2.55. The minimum atomic E-state index is -0.268. The summed E-state index contributed by atoms with van der Waals surface area (Å²) in [4.78, 5) is 25.9. The van der Waals surface area contributed by atoms with Crippen LogP contribution in [-0.2, 0) is 0 Å². The number of carbonyl (C=O) groups is 1.